The molecule has 1 amide bonds. The first-order valence-corrected chi connectivity index (χ1v) is 6.21. The van der Waals surface area contributed by atoms with Crippen molar-refractivity contribution >= 4 is 39.4 Å². The largest absolute Gasteiger partial charge is 0.480 e. The SMILES string of the molecule is O=C(NC(CCO)C(=O)O)c1cc(Cl)cc(Br)c1. The highest BCUT2D eigenvalue weighted by atomic mass is 79.9. The van der Waals surface area contributed by atoms with Crippen molar-refractivity contribution in [1.82, 2.24) is 5.32 Å². The first-order valence-electron chi connectivity index (χ1n) is 5.04. The molecule has 1 aromatic carbocycles. The minimum absolute atomic E-state index is 0.0528. The molecular weight excluding hydrogens is 325 g/mol. The molecule has 5 nitrogen and oxygen atoms in total. The van der Waals surface area contributed by atoms with E-state index in [4.69, 9.17) is 21.8 Å². The Balaban J connectivity index is 2.83. The second-order valence-corrected chi connectivity index (χ2v) is 4.89. The number of aliphatic hydroxyl groups excluding tert-OH is 1. The molecule has 0 bridgehead atoms. The Kier molecular flexibility index (Phi) is 5.58. The number of rotatable bonds is 5. The zero-order valence-corrected chi connectivity index (χ0v) is 11.5. The molecule has 18 heavy (non-hydrogen) atoms. The van der Waals surface area contributed by atoms with Gasteiger partial charge in [0.2, 0.25) is 0 Å². The molecule has 0 saturated heterocycles. The van der Waals surface area contributed by atoms with Crippen LogP contribution < -0.4 is 5.32 Å². The summed E-state index contributed by atoms with van der Waals surface area (Å²) in [6, 6.07) is 3.44. The van der Waals surface area contributed by atoms with Gasteiger partial charge in [0.05, 0.1) is 0 Å². The third-order valence-corrected chi connectivity index (χ3v) is 2.82. The quantitative estimate of drug-likeness (QED) is 0.763. The summed E-state index contributed by atoms with van der Waals surface area (Å²) < 4.78 is 0.620. The monoisotopic (exact) mass is 335 g/mol. The molecule has 1 aromatic rings. The molecule has 0 radical (unpaired) electrons. The van der Waals surface area contributed by atoms with E-state index in [1.165, 1.54) is 12.1 Å². The molecule has 1 atom stereocenters. The van der Waals surface area contributed by atoms with Crippen LogP contribution in [0.1, 0.15) is 16.8 Å². The third kappa shape index (κ3) is 4.29. The Bertz CT molecular complexity index is 446. The van der Waals surface area contributed by atoms with Gasteiger partial charge in [0.15, 0.2) is 0 Å². The highest BCUT2D eigenvalue weighted by molar-refractivity contribution is 9.10. The molecule has 1 unspecified atom stereocenters. The summed E-state index contributed by atoms with van der Waals surface area (Å²) in [5.41, 5.74) is 0.249. The lowest BCUT2D eigenvalue weighted by Crippen LogP contribution is -2.41. The average Bonchev–Trinajstić information content (AvgIpc) is 2.26. The number of halogens is 2. The number of carboxylic acid groups (broad SMARTS) is 1. The summed E-state index contributed by atoms with van der Waals surface area (Å²) in [4.78, 5) is 22.6. The Hall–Kier alpha value is -1.11. The summed E-state index contributed by atoms with van der Waals surface area (Å²) >= 11 is 8.97. The Morgan fingerprint density at radius 3 is 2.56 bits per heavy atom. The lowest BCUT2D eigenvalue weighted by Gasteiger charge is -2.13. The fraction of sp³-hybridized carbons (Fsp3) is 0.273. The number of aliphatic carboxylic acids is 1. The van der Waals surface area contributed by atoms with E-state index in [9.17, 15) is 9.59 Å². The van der Waals surface area contributed by atoms with Gasteiger partial charge in [0.25, 0.3) is 5.91 Å². The molecule has 0 aliphatic heterocycles. The Morgan fingerprint density at radius 2 is 2.06 bits per heavy atom. The number of carboxylic acids is 1. The summed E-state index contributed by atoms with van der Waals surface area (Å²) in [5.74, 6) is -1.75. The molecule has 1 rings (SSSR count). The highest BCUT2D eigenvalue weighted by Crippen LogP contribution is 2.19. The minimum atomic E-state index is -1.20. The number of nitrogens with one attached hydrogen (secondary N) is 1. The van der Waals surface area contributed by atoms with Gasteiger partial charge in [-0.2, -0.15) is 0 Å². The van der Waals surface area contributed by atoms with Gasteiger partial charge in [-0.05, 0) is 18.2 Å². The molecular formula is C11H11BrClNO4. The van der Waals surface area contributed by atoms with Crippen molar-refractivity contribution in [2.75, 3.05) is 6.61 Å². The van der Waals surface area contributed by atoms with E-state index >= 15 is 0 Å². The second-order valence-electron chi connectivity index (χ2n) is 3.53. The van der Waals surface area contributed by atoms with Gasteiger partial charge in [-0.3, -0.25) is 4.79 Å². The maximum atomic E-state index is 11.8. The van der Waals surface area contributed by atoms with E-state index in [0.29, 0.717) is 9.50 Å². The lowest BCUT2D eigenvalue weighted by molar-refractivity contribution is -0.139. The van der Waals surface area contributed by atoms with E-state index in [2.05, 4.69) is 21.2 Å². The van der Waals surface area contributed by atoms with Crippen LogP contribution in [-0.4, -0.2) is 34.7 Å². The Labute approximate surface area is 117 Å². The molecule has 3 N–H and O–H groups in total. The lowest BCUT2D eigenvalue weighted by atomic mass is 10.1. The van der Waals surface area contributed by atoms with Crippen LogP contribution in [0.15, 0.2) is 22.7 Å². The molecule has 0 aliphatic rings. The zero-order chi connectivity index (χ0) is 13.7. The van der Waals surface area contributed by atoms with E-state index in [1.54, 1.807) is 6.07 Å². The molecule has 0 spiro atoms. The van der Waals surface area contributed by atoms with Crippen molar-refractivity contribution in [1.29, 1.82) is 0 Å². The predicted molar refractivity (Wildman–Crippen MR) is 69.7 cm³/mol. The van der Waals surface area contributed by atoms with Crippen LogP contribution in [-0.2, 0) is 4.79 Å². The predicted octanol–water partition coefficient (Wildman–Crippen LogP) is 1.67. The van der Waals surface area contributed by atoms with E-state index in [0.717, 1.165) is 0 Å². The van der Waals surface area contributed by atoms with Crippen LogP contribution in [0.4, 0.5) is 0 Å². The van der Waals surface area contributed by atoms with E-state index in [1.807, 2.05) is 0 Å². The van der Waals surface area contributed by atoms with Crippen molar-refractivity contribution in [3.05, 3.63) is 33.3 Å². The topological polar surface area (TPSA) is 86.6 Å². The van der Waals surface area contributed by atoms with Crippen LogP contribution in [0.3, 0.4) is 0 Å². The highest BCUT2D eigenvalue weighted by Gasteiger charge is 2.20. The smallest absolute Gasteiger partial charge is 0.326 e. The summed E-state index contributed by atoms with van der Waals surface area (Å²) in [6.45, 7) is -0.323. The van der Waals surface area contributed by atoms with Gasteiger partial charge in [-0.15, -0.1) is 0 Å². The fourth-order valence-electron chi connectivity index (χ4n) is 1.31. The second kappa shape index (κ2) is 6.72. The maximum Gasteiger partial charge on any atom is 0.326 e. The standard InChI is InChI=1S/C11H11BrClNO4/c12-7-3-6(4-8(13)5-7)10(16)14-9(1-2-15)11(17)18/h3-5,9,15H,1-2H2,(H,14,16)(H,17,18). The zero-order valence-electron chi connectivity index (χ0n) is 9.19. The van der Waals surface area contributed by atoms with Crippen LogP contribution in [0.2, 0.25) is 5.02 Å². The number of carbonyl (C=O) groups is 2. The van der Waals surface area contributed by atoms with Crippen molar-refractivity contribution in [2.24, 2.45) is 0 Å². The van der Waals surface area contributed by atoms with E-state index < -0.39 is 17.9 Å². The molecule has 98 valence electrons. The number of aliphatic hydroxyl groups is 1. The van der Waals surface area contributed by atoms with Gasteiger partial charge >= 0.3 is 5.97 Å². The Morgan fingerprint density at radius 1 is 1.39 bits per heavy atom. The average molecular weight is 337 g/mol. The molecule has 0 aromatic heterocycles. The van der Waals surface area contributed by atoms with Crippen LogP contribution in [0.25, 0.3) is 0 Å². The third-order valence-electron chi connectivity index (χ3n) is 2.15. The fourth-order valence-corrected chi connectivity index (χ4v) is 2.17. The summed E-state index contributed by atoms with van der Waals surface area (Å²) in [7, 11) is 0. The molecule has 0 fully saturated rings. The van der Waals surface area contributed by atoms with Crippen LogP contribution in [0.5, 0.6) is 0 Å². The van der Waals surface area contributed by atoms with Crippen molar-refractivity contribution in [3.63, 3.8) is 0 Å². The molecule has 7 heteroatoms. The summed E-state index contributed by atoms with van der Waals surface area (Å²) in [5, 5.41) is 20.2. The van der Waals surface area contributed by atoms with Crippen LogP contribution >= 0.6 is 27.5 Å². The van der Waals surface area contributed by atoms with Crippen molar-refractivity contribution in [3.8, 4) is 0 Å². The number of amides is 1. The number of carbonyl (C=O) groups excluding carboxylic acids is 1. The molecule has 0 heterocycles. The van der Waals surface area contributed by atoms with Gasteiger partial charge in [0.1, 0.15) is 6.04 Å². The van der Waals surface area contributed by atoms with E-state index in [-0.39, 0.29) is 18.6 Å². The van der Waals surface area contributed by atoms with Crippen molar-refractivity contribution in [2.45, 2.75) is 12.5 Å². The first kappa shape index (κ1) is 14.9. The number of hydrogen-bond donors (Lipinski definition) is 3. The minimum Gasteiger partial charge on any atom is -0.480 e. The first-order chi connectivity index (χ1) is 8.43. The van der Waals surface area contributed by atoms with Gasteiger partial charge < -0.3 is 15.5 Å². The maximum absolute atomic E-state index is 11.8. The number of hydrogen-bond acceptors (Lipinski definition) is 3. The normalized spacial score (nSPS) is 11.9. The molecule has 0 saturated carbocycles. The van der Waals surface area contributed by atoms with Crippen LogP contribution in [0, 0.1) is 0 Å². The van der Waals surface area contributed by atoms with Gasteiger partial charge in [0, 0.05) is 28.1 Å². The summed E-state index contributed by atoms with van der Waals surface area (Å²) in [6.07, 6.45) is -0.0528. The molecule has 0 aliphatic carbocycles. The van der Waals surface area contributed by atoms with Gasteiger partial charge in [-0.1, -0.05) is 27.5 Å². The van der Waals surface area contributed by atoms with Crippen molar-refractivity contribution < 1.29 is 19.8 Å². The number of benzene rings is 1. The van der Waals surface area contributed by atoms with Gasteiger partial charge in [-0.25, -0.2) is 4.79 Å².